The first kappa shape index (κ1) is 21.0. The zero-order chi connectivity index (χ0) is 18.3. The number of benzene rings is 1. The van der Waals surface area contributed by atoms with Crippen LogP contribution in [0.25, 0.3) is 0 Å². The Bertz CT molecular complexity index is 492. The lowest BCUT2D eigenvalue weighted by molar-refractivity contribution is -0.00517. The predicted molar refractivity (Wildman–Crippen MR) is 91.6 cm³/mol. The summed E-state index contributed by atoms with van der Waals surface area (Å²) in [4.78, 5) is 0. The van der Waals surface area contributed by atoms with E-state index in [9.17, 15) is 19.0 Å². The quantitative estimate of drug-likeness (QED) is 0.523. The second-order valence-corrected chi connectivity index (χ2v) is 7.10. The molecule has 0 fully saturated rings. The average molecular weight is 344 g/mol. The van der Waals surface area contributed by atoms with Crippen LogP contribution in [0.3, 0.4) is 0 Å². The highest BCUT2D eigenvalue weighted by Crippen LogP contribution is 2.21. The number of hydrogen-bond donors (Lipinski definition) is 4. The second kappa shape index (κ2) is 9.42. The number of rotatable bonds is 10. The van der Waals surface area contributed by atoms with Gasteiger partial charge in [0.15, 0.2) is 0 Å². The summed E-state index contributed by atoms with van der Waals surface area (Å²) >= 11 is 0. The lowest BCUT2D eigenvalue weighted by Crippen LogP contribution is -2.56. The Kier molecular flexibility index (Phi) is 8.22. The summed E-state index contributed by atoms with van der Waals surface area (Å²) < 4.78 is 26.7. The van der Waals surface area contributed by atoms with E-state index in [1.807, 2.05) is 0 Å². The van der Waals surface area contributed by atoms with Gasteiger partial charge in [0.1, 0.15) is 11.6 Å². The lowest BCUT2D eigenvalue weighted by Gasteiger charge is -2.35. The number of aliphatic hydroxyl groups excluding tert-OH is 1. The fraction of sp³-hybridized carbons (Fsp3) is 0.667. The summed E-state index contributed by atoms with van der Waals surface area (Å²) in [6, 6.07) is 2.54. The first-order valence-electron chi connectivity index (χ1n) is 8.44. The molecule has 1 rings (SSSR count). The molecule has 5 N–H and O–H groups in total. The molecule has 1 aromatic carbocycles. The van der Waals surface area contributed by atoms with E-state index < -0.39 is 29.4 Å². The summed E-state index contributed by atoms with van der Waals surface area (Å²) in [5.41, 5.74) is 5.30. The minimum Gasteiger partial charge on any atom is -0.393 e. The lowest BCUT2D eigenvalue weighted by atomic mass is 9.84. The summed E-state index contributed by atoms with van der Waals surface area (Å²) in [6.07, 6.45) is 0.286. The highest BCUT2D eigenvalue weighted by atomic mass is 19.1. The molecule has 0 amide bonds. The molecule has 0 bridgehead atoms. The van der Waals surface area contributed by atoms with Crippen LogP contribution in [0.1, 0.15) is 39.2 Å². The van der Waals surface area contributed by atoms with Gasteiger partial charge in [-0.05, 0) is 56.3 Å². The van der Waals surface area contributed by atoms with Gasteiger partial charge in [-0.25, -0.2) is 8.78 Å². The second-order valence-electron chi connectivity index (χ2n) is 7.10. The van der Waals surface area contributed by atoms with Crippen LogP contribution >= 0.6 is 0 Å². The first-order chi connectivity index (χ1) is 11.1. The van der Waals surface area contributed by atoms with Crippen LogP contribution in [-0.4, -0.2) is 41.0 Å². The van der Waals surface area contributed by atoms with Crippen LogP contribution in [0, 0.1) is 17.6 Å². The molecule has 0 saturated heterocycles. The Labute approximate surface area is 143 Å². The van der Waals surface area contributed by atoms with Crippen molar-refractivity contribution >= 4 is 0 Å². The first-order valence-corrected chi connectivity index (χ1v) is 8.44. The van der Waals surface area contributed by atoms with E-state index in [2.05, 4.69) is 19.2 Å². The third kappa shape index (κ3) is 7.21. The number of halogens is 2. The molecular formula is C18H30F2N2O2. The average Bonchev–Trinajstić information content (AvgIpc) is 2.43. The summed E-state index contributed by atoms with van der Waals surface area (Å²) in [7, 11) is 0. The van der Waals surface area contributed by atoms with Gasteiger partial charge in [0.05, 0.1) is 11.7 Å². The molecule has 6 heteroatoms. The maximum Gasteiger partial charge on any atom is 0.126 e. The molecular weight excluding hydrogens is 314 g/mol. The molecule has 138 valence electrons. The summed E-state index contributed by atoms with van der Waals surface area (Å²) in [5.74, 6) is -0.912. The molecule has 0 aliphatic heterocycles. The van der Waals surface area contributed by atoms with Gasteiger partial charge >= 0.3 is 0 Å². The Balaban J connectivity index is 2.82. The Morgan fingerprint density at radius 1 is 1.17 bits per heavy atom. The Morgan fingerprint density at radius 3 is 2.25 bits per heavy atom. The van der Waals surface area contributed by atoms with Gasteiger partial charge in [0, 0.05) is 18.7 Å². The van der Waals surface area contributed by atoms with Crippen LogP contribution in [-0.2, 0) is 6.42 Å². The molecule has 3 atom stereocenters. The third-order valence-corrected chi connectivity index (χ3v) is 4.05. The van der Waals surface area contributed by atoms with Crippen LogP contribution in [0.2, 0.25) is 0 Å². The Morgan fingerprint density at radius 2 is 1.75 bits per heavy atom. The summed E-state index contributed by atoms with van der Waals surface area (Å²) in [6.45, 7) is 6.74. The van der Waals surface area contributed by atoms with Crippen LogP contribution in [0.5, 0.6) is 0 Å². The predicted octanol–water partition coefficient (Wildman–Crippen LogP) is 1.97. The van der Waals surface area contributed by atoms with E-state index in [1.165, 1.54) is 12.1 Å². The van der Waals surface area contributed by atoms with Crippen molar-refractivity contribution in [2.24, 2.45) is 11.7 Å². The topological polar surface area (TPSA) is 78.5 Å². The van der Waals surface area contributed by atoms with Crippen molar-refractivity contribution in [3.8, 4) is 0 Å². The van der Waals surface area contributed by atoms with Crippen molar-refractivity contribution in [1.29, 1.82) is 0 Å². The molecule has 24 heavy (non-hydrogen) atoms. The van der Waals surface area contributed by atoms with Crippen LogP contribution in [0.4, 0.5) is 8.78 Å². The zero-order valence-electron chi connectivity index (χ0n) is 14.7. The van der Waals surface area contributed by atoms with E-state index in [0.717, 1.165) is 12.6 Å². The van der Waals surface area contributed by atoms with Crippen molar-refractivity contribution in [2.45, 2.75) is 57.8 Å². The van der Waals surface area contributed by atoms with E-state index in [1.54, 1.807) is 6.92 Å². The maximum absolute atomic E-state index is 13.3. The number of aliphatic hydroxyl groups is 2. The molecule has 4 nitrogen and oxygen atoms in total. The standard InChI is InChI=1S/C18H30F2N2O2/c1-12(2)10-22-11-18(24,5-4-13(3)23)17(21)8-14-6-15(19)9-16(20)7-14/h6-7,9,12-13,17,22-24H,4-5,8,10-11,21H2,1-3H3/t13-,17+,18?/m1/s1. The molecule has 0 radical (unpaired) electrons. The van der Waals surface area contributed by atoms with Crippen molar-refractivity contribution in [2.75, 3.05) is 13.1 Å². The highest BCUT2D eigenvalue weighted by Gasteiger charge is 2.34. The monoisotopic (exact) mass is 344 g/mol. The SMILES string of the molecule is CC(C)CNCC(O)(CC[C@@H](C)O)[C@@H](N)Cc1cc(F)cc(F)c1. The van der Waals surface area contributed by atoms with Crippen molar-refractivity contribution in [3.63, 3.8) is 0 Å². The minimum atomic E-state index is -1.27. The third-order valence-electron chi connectivity index (χ3n) is 4.05. The van der Waals surface area contributed by atoms with Crippen molar-refractivity contribution in [3.05, 3.63) is 35.4 Å². The fourth-order valence-corrected chi connectivity index (χ4v) is 2.61. The molecule has 0 aliphatic rings. The molecule has 1 aromatic rings. The van der Waals surface area contributed by atoms with E-state index in [4.69, 9.17) is 5.73 Å². The largest absolute Gasteiger partial charge is 0.393 e. The van der Waals surface area contributed by atoms with Gasteiger partial charge in [-0.2, -0.15) is 0 Å². The van der Waals surface area contributed by atoms with Gasteiger partial charge in [0.2, 0.25) is 0 Å². The van der Waals surface area contributed by atoms with Crippen LogP contribution < -0.4 is 11.1 Å². The molecule has 0 saturated carbocycles. The number of nitrogens with one attached hydrogen (secondary N) is 1. The molecule has 0 aromatic heterocycles. The number of nitrogens with two attached hydrogens (primary N) is 1. The smallest absolute Gasteiger partial charge is 0.126 e. The highest BCUT2D eigenvalue weighted by molar-refractivity contribution is 5.20. The number of hydrogen-bond acceptors (Lipinski definition) is 4. The van der Waals surface area contributed by atoms with Gasteiger partial charge in [-0.3, -0.25) is 0 Å². The van der Waals surface area contributed by atoms with Gasteiger partial charge < -0.3 is 21.3 Å². The Hall–Kier alpha value is -1.08. The molecule has 0 heterocycles. The van der Waals surface area contributed by atoms with E-state index in [0.29, 0.717) is 24.3 Å². The van der Waals surface area contributed by atoms with Gasteiger partial charge in [-0.1, -0.05) is 13.8 Å². The van der Waals surface area contributed by atoms with E-state index in [-0.39, 0.29) is 13.0 Å². The van der Waals surface area contributed by atoms with Gasteiger partial charge in [0.25, 0.3) is 0 Å². The maximum atomic E-state index is 13.3. The summed E-state index contributed by atoms with van der Waals surface area (Å²) in [5, 5.41) is 23.6. The fourth-order valence-electron chi connectivity index (χ4n) is 2.61. The van der Waals surface area contributed by atoms with E-state index >= 15 is 0 Å². The molecule has 0 aliphatic carbocycles. The van der Waals surface area contributed by atoms with Crippen LogP contribution in [0.15, 0.2) is 18.2 Å². The van der Waals surface area contributed by atoms with Crippen molar-refractivity contribution in [1.82, 2.24) is 5.32 Å². The molecule has 1 unspecified atom stereocenters. The molecule has 0 spiro atoms. The minimum absolute atomic E-state index is 0.147. The van der Waals surface area contributed by atoms with Crippen molar-refractivity contribution < 1.29 is 19.0 Å². The van der Waals surface area contributed by atoms with Gasteiger partial charge in [-0.15, -0.1) is 0 Å². The normalized spacial score (nSPS) is 16.9. The zero-order valence-corrected chi connectivity index (χ0v) is 14.7.